The number of unbranched alkanes of at least 4 members (excludes halogenated alkanes) is 4. The largest absolute Gasteiger partial charge is 0.416 e. The molecule has 0 radical (unpaired) electrons. The van der Waals surface area contributed by atoms with Crippen LogP contribution >= 0.6 is 0 Å². The second-order valence-corrected chi connectivity index (χ2v) is 8.56. The molecule has 3 N–H and O–H groups in total. The molecule has 8 heteroatoms. The topological polar surface area (TPSA) is 77.0 Å². The standard InChI is InChI=1S/C23H33F3N4O/c1-3-4-5-6-7-9-19(27)15(2)17-12-11-16(14-18(17)23(24,25)26)21-29-22(31-30-21)20-10-8-13-28-20/h11-12,14-15,19-20,28H,3-10,13,27H2,1-2H3/t15?,19?,20-/m0/s1. The average Bonchev–Trinajstić information content (AvgIpc) is 3.43. The Balaban J connectivity index is 1.77. The lowest BCUT2D eigenvalue weighted by molar-refractivity contribution is -0.138. The molecule has 0 bridgehead atoms. The fraction of sp³-hybridized carbons (Fsp3) is 0.652. The number of hydrogen-bond donors (Lipinski definition) is 2. The van der Waals surface area contributed by atoms with Crippen LogP contribution in [-0.4, -0.2) is 22.7 Å². The maximum atomic E-state index is 13.9. The van der Waals surface area contributed by atoms with Crippen molar-refractivity contribution in [2.45, 2.75) is 89.4 Å². The van der Waals surface area contributed by atoms with Crippen molar-refractivity contribution >= 4 is 0 Å². The minimum atomic E-state index is -4.49. The molecule has 2 aromatic rings. The van der Waals surface area contributed by atoms with Crippen molar-refractivity contribution < 1.29 is 17.7 Å². The van der Waals surface area contributed by atoms with E-state index >= 15 is 0 Å². The summed E-state index contributed by atoms with van der Waals surface area (Å²) in [5, 5.41) is 7.16. The Hall–Kier alpha value is -1.93. The molecule has 0 aliphatic carbocycles. The first-order valence-electron chi connectivity index (χ1n) is 11.3. The van der Waals surface area contributed by atoms with E-state index in [-0.39, 0.29) is 23.5 Å². The third kappa shape index (κ3) is 6.07. The fourth-order valence-corrected chi connectivity index (χ4v) is 4.19. The number of hydrogen-bond acceptors (Lipinski definition) is 5. The quantitative estimate of drug-likeness (QED) is 0.447. The predicted molar refractivity (Wildman–Crippen MR) is 114 cm³/mol. The first-order valence-corrected chi connectivity index (χ1v) is 11.3. The van der Waals surface area contributed by atoms with E-state index < -0.39 is 17.7 Å². The summed E-state index contributed by atoms with van der Waals surface area (Å²) in [5.41, 5.74) is 6.12. The molecule has 0 spiro atoms. The van der Waals surface area contributed by atoms with Gasteiger partial charge in [0.15, 0.2) is 0 Å². The van der Waals surface area contributed by atoms with Gasteiger partial charge in [0.2, 0.25) is 11.7 Å². The lowest BCUT2D eigenvalue weighted by Crippen LogP contribution is -2.28. The van der Waals surface area contributed by atoms with Gasteiger partial charge in [0, 0.05) is 11.6 Å². The fourth-order valence-electron chi connectivity index (χ4n) is 4.19. The summed E-state index contributed by atoms with van der Waals surface area (Å²) in [6.07, 6.45) is 3.59. The molecule has 2 heterocycles. The van der Waals surface area contributed by atoms with E-state index in [9.17, 15) is 13.2 Å². The monoisotopic (exact) mass is 438 g/mol. The van der Waals surface area contributed by atoms with E-state index in [1.165, 1.54) is 12.5 Å². The summed E-state index contributed by atoms with van der Waals surface area (Å²) in [7, 11) is 0. The van der Waals surface area contributed by atoms with Gasteiger partial charge in [-0.05, 0) is 43.4 Å². The summed E-state index contributed by atoms with van der Waals surface area (Å²) in [6, 6.07) is 3.92. The van der Waals surface area contributed by atoms with Crippen LogP contribution in [-0.2, 0) is 6.18 Å². The van der Waals surface area contributed by atoms with Gasteiger partial charge >= 0.3 is 6.18 Å². The van der Waals surface area contributed by atoms with Crippen LogP contribution in [0.3, 0.4) is 0 Å². The molecule has 172 valence electrons. The molecule has 1 aliphatic heterocycles. The second kappa shape index (κ2) is 10.6. The van der Waals surface area contributed by atoms with Crippen molar-refractivity contribution in [3.8, 4) is 11.4 Å². The first kappa shape index (κ1) is 23.7. The second-order valence-electron chi connectivity index (χ2n) is 8.56. The van der Waals surface area contributed by atoms with Gasteiger partial charge in [-0.25, -0.2) is 0 Å². The molecule has 3 rings (SSSR count). The highest BCUT2D eigenvalue weighted by molar-refractivity contribution is 5.58. The van der Waals surface area contributed by atoms with Gasteiger partial charge < -0.3 is 15.6 Å². The molecule has 5 nitrogen and oxygen atoms in total. The summed E-state index contributed by atoms with van der Waals surface area (Å²) in [5.74, 6) is 0.192. The Morgan fingerprint density at radius 2 is 2.00 bits per heavy atom. The van der Waals surface area contributed by atoms with Crippen molar-refractivity contribution in [1.29, 1.82) is 0 Å². The van der Waals surface area contributed by atoms with Crippen molar-refractivity contribution in [1.82, 2.24) is 15.5 Å². The van der Waals surface area contributed by atoms with Crippen LogP contribution in [0.4, 0.5) is 13.2 Å². The zero-order valence-corrected chi connectivity index (χ0v) is 18.3. The summed E-state index contributed by atoms with van der Waals surface area (Å²) < 4.78 is 47.0. The molecule has 31 heavy (non-hydrogen) atoms. The van der Waals surface area contributed by atoms with Gasteiger partial charge in [-0.3, -0.25) is 0 Å². The number of alkyl halides is 3. The number of aromatic nitrogens is 2. The van der Waals surface area contributed by atoms with Crippen LogP contribution in [0.1, 0.15) is 94.2 Å². The van der Waals surface area contributed by atoms with Crippen LogP contribution in [0.2, 0.25) is 0 Å². The number of benzene rings is 1. The summed E-state index contributed by atoms with van der Waals surface area (Å²) in [4.78, 5) is 4.33. The summed E-state index contributed by atoms with van der Waals surface area (Å²) in [6.45, 7) is 4.79. The number of nitrogens with two attached hydrogens (primary N) is 1. The molecule has 1 aromatic heterocycles. The molecule has 2 unspecified atom stereocenters. The van der Waals surface area contributed by atoms with Crippen molar-refractivity contribution in [2.24, 2.45) is 5.73 Å². The highest BCUT2D eigenvalue weighted by Crippen LogP contribution is 2.39. The van der Waals surface area contributed by atoms with Crippen LogP contribution < -0.4 is 11.1 Å². The van der Waals surface area contributed by atoms with Gasteiger partial charge in [-0.1, -0.05) is 63.2 Å². The van der Waals surface area contributed by atoms with Crippen molar-refractivity contribution in [2.75, 3.05) is 6.54 Å². The van der Waals surface area contributed by atoms with E-state index in [0.717, 1.165) is 51.1 Å². The normalized spacial score (nSPS) is 19.0. The Kier molecular flexibility index (Phi) is 8.11. The predicted octanol–water partition coefficient (Wildman–Crippen LogP) is 5.97. The van der Waals surface area contributed by atoms with Gasteiger partial charge in [0.05, 0.1) is 11.6 Å². The zero-order chi connectivity index (χ0) is 22.4. The van der Waals surface area contributed by atoms with Crippen LogP contribution in [0.25, 0.3) is 11.4 Å². The Morgan fingerprint density at radius 3 is 2.68 bits per heavy atom. The molecule has 1 aliphatic rings. The van der Waals surface area contributed by atoms with E-state index in [1.54, 1.807) is 13.0 Å². The number of nitrogens with zero attached hydrogens (tertiary/aromatic N) is 2. The molecular formula is C23H33F3N4O. The lowest BCUT2D eigenvalue weighted by Gasteiger charge is -2.24. The Bertz CT molecular complexity index is 830. The smallest absolute Gasteiger partial charge is 0.337 e. The third-order valence-electron chi connectivity index (χ3n) is 6.19. The van der Waals surface area contributed by atoms with Gasteiger partial charge in [0.25, 0.3) is 0 Å². The minimum Gasteiger partial charge on any atom is -0.337 e. The van der Waals surface area contributed by atoms with E-state index in [4.69, 9.17) is 10.3 Å². The van der Waals surface area contributed by atoms with Gasteiger partial charge in [-0.2, -0.15) is 18.2 Å². The maximum Gasteiger partial charge on any atom is 0.416 e. The van der Waals surface area contributed by atoms with E-state index in [0.29, 0.717) is 17.9 Å². The maximum absolute atomic E-state index is 13.9. The SMILES string of the molecule is CCCCCCCC(N)C(C)c1ccc(-c2noc([C@@H]3CCCN3)n2)cc1C(F)(F)F. The Labute approximate surface area is 182 Å². The molecule has 0 saturated carbocycles. The summed E-state index contributed by atoms with van der Waals surface area (Å²) >= 11 is 0. The first-order chi connectivity index (χ1) is 14.8. The molecular weight excluding hydrogens is 405 g/mol. The van der Waals surface area contributed by atoms with Gasteiger partial charge in [-0.15, -0.1) is 0 Å². The van der Waals surface area contributed by atoms with Crippen LogP contribution in [0.15, 0.2) is 22.7 Å². The van der Waals surface area contributed by atoms with Crippen molar-refractivity contribution in [3.05, 3.63) is 35.2 Å². The molecule has 1 fully saturated rings. The highest BCUT2D eigenvalue weighted by Gasteiger charge is 2.36. The number of rotatable bonds is 10. The zero-order valence-electron chi connectivity index (χ0n) is 18.3. The van der Waals surface area contributed by atoms with E-state index in [2.05, 4.69) is 22.4 Å². The molecule has 0 amide bonds. The van der Waals surface area contributed by atoms with Crippen molar-refractivity contribution in [3.63, 3.8) is 0 Å². The van der Waals surface area contributed by atoms with Crippen LogP contribution in [0.5, 0.6) is 0 Å². The minimum absolute atomic E-state index is 0.0297. The van der Waals surface area contributed by atoms with Crippen LogP contribution in [0, 0.1) is 0 Å². The number of nitrogens with one attached hydrogen (secondary N) is 1. The average molecular weight is 439 g/mol. The van der Waals surface area contributed by atoms with Gasteiger partial charge in [0.1, 0.15) is 0 Å². The highest BCUT2D eigenvalue weighted by atomic mass is 19.4. The lowest BCUT2D eigenvalue weighted by atomic mass is 9.86. The molecule has 1 aromatic carbocycles. The molecule has 1 saturated heterocycles. The molecule has 3 atom stereocenters. The number of halogens is 3. The Morgan fingerprint density at radius 1 is 1.23 bits per heavy atom. The van der Waals surface area contributed by atoms with E-state index in [1.807, 2.05) is 0 Å². The third-order valence-corrected chi connectivity index (χ3v) is 6.19.